The molecule has 0 saturated carbocycles. The molecule has 6 nitrogen and oxygen atoms in total. The van der Waals surface area contributed by atoms with Crippen molar-refractivity contribution in [3.05, 3.63) is 11.5 Å². The molecule has 0 saturated heterocycles. The fourth-order valence-electron chi connectivity index (χ4n) is 1.26. The van der Waals surface area contributed by atoms with Crippen LogP contribution >= 0.6 is 11.5 Å². The molecule has 16 heavy (non-hydrogen) atoms. The van der Waals surface area contributed by atoms with E-state index in [1.54, 1.807) is 0 Å². The molecule has 0 radical (unpaired) electrons. The van der Waals surface area contributed by atoms with Gasteiger partial charge in [0.2, 0.25) is 0 Å². The zero-order valence-corrected chi connectivity index (χ0v) is 10.0. The van der Waals surface area contributed by atoms with E-state index >= 15 is 0 Å². The van der Waals surface area contributed by atoms with E-state index in [1.165, 1.54) is 11.5 Å². The summed E-state index contributed by atoms with van der Waals surface area (Å²) in [5.41, 5.74) is 0.906. The molecule has 7 heteroatoms. The first-order valence-corrected chi connectivity index (χ1v) is 5.97. The van der Waals surface area contributed by atoms with E-state index in [-0.39, 0.29) is 0 Å². The fourth-order valence-corrected chi connectivity index (χ4v) is 1.93. The Hall–Kier alpha value is -1.34. The molecule has 86 valence electrons. The lowest BCUT2D eigenvalue weighted by molar-refractivity contribution is 0.420. The summed E-state index contributed by atoms with van der Waals surface area (Å²) in [4.78, 5) is 5.16. The molecule has 0 spiro atoms. The Morgan fingerprint density at radius 3 is 3.00 bits per heavy atom. The minimum atomic E-state index is 0.514. The van der Waals surface area contributed by atoms with Crippen molar-refractivity contribution in [1.82, 2.24) is 25.0 Å². The molecule has 0 atom stereocenters. The third-order valence-corrected chi connectivity index (χ3v) is 2.84. The Bertz CT molecular complexity index is 452. The maximum atomic E-state index is 5.18. The third kappa shape index (κ3) is 2.25. The lowest BCUT2D eigenvalue weighted by Gasteiger charge is -1.92. The summed E-state index contributed by atoms with van der Waals surface area (Å²) < 4.78 is 9.07. The zero-order valence-electron chi connectivity index (χ0n) is 9.23. The van der Waals surface area contributed by atoms with Crippen molar-refractivity contribution in [2.45, 2.75) is 26.8 Å². The van der Waals surface area contributed by atoms with Crippen molar-refractivity contribution in [1.29, 1.82) is 0 Å². The van der Waals surface area contributed by atoms with Gasteiger partial charge in [-0.2, -0.15) is 4.98 Å². The summed E-state index contributed by atoms with van der Waals surface area (Å²) in [5.74, 6) is 1.17. The topological polar surface area (TPSA) is 76.7 Å². The Labute approximate surface area is 97.2 Å². The standard InChI is InChI=1S/C9H13N5OS/c1-3-6-8(16-14-12-6)9-11-7(13-15-9)5-10-4-2/h10H,3-5H2,1-2H3. The second kappa shape index (κ2) is 5.13. The Morgan fingerprint density at radius 2 is 2.25 bits per heavy atom. The molecule has 2 aromatic rings. The van der Waals surface area contributed by atoms with Gasteiger partial charge in [-0.3, -0.25) is 0 Å². The lowest BCUT2D eigenvalue weighted by Crippen LogP contribution is -2.12. The number of hydrogen-bond acceptors (Lipinski definition) is 7. The van der Waals surface area contributed by atoms with Crippen molar-refractivity contribution in [2.24, 2.45) is 0 Å². The predicted molar refractivity (Wildman–Crippen MR) is 60.0 cm³/mol. The average molecular weight is 239 g/mol. The lowest BCUT2D eigenvalue weighted by atomic mass is 10.3. The quantitative estimate of drug-likeness (QED) is 0.846. The van der Waals surface area contributed by atoms with Crippen LogP contribution in [-0.2, 0) is 13.0 Å². The SMILES string of the molecule is CCNCc1noc(-c2snnc2CC)n1. The maximum absolute atomic E-state index is 5.18. The fraction of sp³-hybridized carbons (Fsp3) is 0.556. The Balaban J connectivity index is 2.18. The number of nitrogens with zero attached hydrogens (tertiary/aromatic N) is 4. The Morgan fingerprint density at radius 1 is 1.38 bits per heavy atom. The van der Waals surface area contributed by atoms with E-state index in [0.29, 0.717) is 18.3 Å². The molecular weight excluding hydrogens is 226 g/mol. The van der Waals surface area contributed by atoms with Crippen LogP contribution in [0.2, 0.25) is 0 Å². The highest BCUT2D eigenvalue weighted by Crippen LogP contribution is 2.24. The summed E-state index contributed by atoms with van der Waals surface area (Å²) in [6, 6.07) is 0. The van der Waals surface area contributed by atoms with Crippen LogP contribution in [0, 0.1) is 0 Å². The first-order chi connectivity index (χ1) is 7.85. The van der Waals surface area contributed by atoms with Gasteiger partial charge in [0.05, 0.1) is 12.2 Å². The van der Waals surface area contributed by atoms with Gasteiger partial charge in [-0.25, -0.2) is 0 Å². The van der Waals surface area contributed by atoms with E-state index in [1.807, 2.05) is 13.8 Å². The first kappa shape index (κ1) is 11.2. The second-order valence-electron chi connectivity index (χ2n) is 3.20. The van der Waals surface area contributed by atoms with Crippen LogP contribution in [0.1, 0.15) is 25.4 Å². The van der Waals surface area contributed by atoms with Crippen LogP contribution in [0.15, 0.2) is 4.52 Å². The van der Waals surface area contributed by atoms with Crippen molar-refractivity contribution >= 4 is 11.5 Å². The Kier molecular flexibility index (Phi) is 3.58. The highest BCUT2D eigenvalue weighted by atomic mass is 32.1. The first-order valence-electron chi connectivity index (χ1n) is 5.20. The minimum absolute atomic E-state index is 0.514. The molecule has 0 amide bonds. The number of rotatable bonds is 5. The third-order valence-electron chi connectivity index (χ3n) is 2.09. The number of hydrogen-bond donors (Lipinski definition) is 1. The molecule has 0 bridgehead atoms. The molecule has 0 aromatic carbocycles. The van der Waals surface area contributed by atoms with Gasteiger partial charge < -0.3 is 9.84 Å². The van der Waals surface area contributed by atoms with Crippen molar-refractivity contribution in [2.75, 3.05) is 6.54 Å². The smallest absolute Gasteiger partial charge is 0.271 e. The van der Waals surface area contributed by atoms with Gasteiger partial charge in [-0.1, -0.05) is 23.5 Å². The summed E-state index contributed by atoms with van der Waals surface area (Å²) in [7, 11) is 0. The van der Waals surface area contributed by atoms with Gasteiger partial charge >= 0.3 is 0 Å². The summed E-state index contributed by atoms with van der Waals surface area (Å²) in [6.45, 7) is 5.55. The predicted octanol–water partition coefficient (Wildman–Crippen LogP) is 1.26. The van der Waals surface area contributed by atoms with Gasteiger partial charge in [-0.15, -0.1) is 5.10 Å². The highest BCUT2D eigenvalue weighted by Gasteiger charge is 2.15. The van der Waals surface area contributed by atoms with Crippen molar-refractivity contribution < 1.29 is 4.52 Å². The summed E-state index contributed by atoms with van der Waals surface area (Å²) >= 11 is 1.29. The second-order valence-corrected chi connectivity index (χ2v) is 3.95. The number of aromatic nitrogens is 4. The van der Waals surface area contributed by atoms with Gasteiger partial charge in [0.25, 0.3) is 5.89 Å². The molecule has 1 N–H and O–H groups in total. The normalized spacial score (nSPS) is 10.9. The number of nitrogens with one attached hydrogen (secondary N) is 1. The molecule has 2 aromatic heterocycles. The van der Waals surface area contributed by atoms with Crippen LogP contribution in [0.3, 0.4) is 0 Å². The molecule has 0 unspecified atom stereocenters. The highest BCUT2D eigenvalue weighted by molar-refractivity contribution is 7.09. The maximum Gasteiger partial charge on any atom is 0.271 e. The van der Waals surface area contributed by atoms with Crippen LogP contribution in [0.4, 0.5) is 0 Å². The van der Waals surface area contributed by atoms with Gasteiger partial charge in [0.1, 0.15) is 4.88 Å². The molecule has 0 aliphatic rings. The van der Waals surface area contributed by atoms with Crippen LogP contribution in [0.25, 0.3) is 10.8 Å². The van der Waals surface area contributed by atoms with Crippen molar-refractivity contribution in [3.8, 4) is 10.8 Å². The van der Waals surface area contributed by atoms with Crippen molar-refractivity contribution in [3.63, 3.8) is 0 Å². The van der Waals surface area contributed by atoms with E-state index in [0.717, 1.165) is 23.5 Å². The van der Waals surface area contributed by atoms with Crippen LogP contribution in [0.5, 0.6) is 0 Å². The van der Waals surface area contributed by atoms with Gasteiger partial charge in [0, 0.05) is 0 Å². The molecular formula is C9H13N5OS. The van der Waals surface area contributed by atoms with E-state index in [9.17, 15) is 0 Å². The molecule has 2 heterocycles. The van der Waals surface area contributed by atoms with E-state index in [4.69, 9.17) is 4.52 Å². The van der Waals surface area contributed by atoms with Crippen LogP contribution < -0.4 is 5.32 Å². The summed E-state index contributed by atoms with van der Waals surface area (Å²) in [6.07, 6.45) is 0.816. The minimum Gasteiger partial charge on any atom is -0.333 e. The van der Waals surface area contributed by atoms with Gasteiger partial charge in [-0.05, 0) is 24.5 Å². The van der Waals surface area contributed by atoms with E-state index < -0.39 is 0 Å². The van der Waals surface area contributed by atoms with E-state index in [2.05, 4.69) is 25.0 Å². The van der Waals surface area contributed by atoms with Crippen LogP contribution in [-0.4, -0.2) is 26.3 Å². The largest absolute Gasteiger partial charge is 0.333 e. The average Bonchev–Trinajstić information content (AvgIpc) is 2.94. The molecule has 0 aliphatic heterocycles. The molecule has 0 fully saturated rings. The van der Waals surface area contributed by atoms with Gasteiger partial charge in [0.15, 0.2) is 5.82 Å². The molecule has 0 aliphatic carbocycles. The number of aryl methyl sites for hydroxylation is 1. The molecule has 2 rings (SSSR count). The summed E-state index contributed by atoms with van der Waals surface area (Å²) in [5, 5.41) is 11.0. The monoisotopic (exact) mass is 239 g/mol. The zero-order chi connectivity index (χ0) is 11.4.